The van der Waals surface area contributed by atoms with Gasteiger partial charge in [-0.1, -0.05) is 0 Å². The van der Waals surface area contributed by atoms with Crippen LogP contribution in [-0.4, -0.2) is 68.8 Å². The van der Waals surface area contributed by atoms with E-state index >= 15 is 0 Å². The van der Waals surface area contributed by atoms with Gasteiger partial charge in [0.15, 0.2) is 0 Å². The molecule has 1 aliphatic carbocycles. The molecule has 2 fully saturated rings. The number of methoxy groups -OCH3 is 1. The lowest BCUT2D eigenvalue weighted by Crippen LogP contribution is -2.63. The quantitative estimate of drug-likeness (QED) is 0.717. The molecule has 1 unspecified atom stereocenters. The Morgan fingerprint density at radius 1 is 1.25 bits per heavy atom. The maximum absolute atomic E-state index is 6.06. The van der Waals surface area contributed by atoms with Gasteiger partial charge < -0.3 is 15.4 Å². The van der Waals surface area contributed by atoms with Crippen molar-refractivity contribution in [3.05, 3.63) is 0 Å². The number of rotatable bonds is 5. The van der Waals surface area contributed by atoms with Crippen LogP contribution in [0, 0.1) is 5.92 Å². The number of likely N-dealkylation sites (N-methyl/N-ethyl adjacent to an activating group) is 1. The zero-order valence-electron chi connectivity index (χ0n) is 10.6. The molecule has 0 bridgehead atoms. The Morgan fingerprint density at radius 3 is 2.31 bits per heavy atom. The van der Waals surface area contributed by atoms with E-state index in [1.54, 1.807) is 7.11 Å². The van der Waals surface area contributed by atoms with Crippen molar-refractivity contribution in [2.75, 3.05) is 53.5 Å². The fourth-order valence-corrected chi connectivity index (χ4v) is 2.94. The molecule has 0 spiro atoms. The van der Waals surface area contributed by atoms with E-state index in [0.717, 1.165) is 45.2 Å². The van der Waals surface area contributed by atoms with E-state index in [1.165, 1.54) is 12.8 Å². The number of nitrogens with two attached hydrogens (primary N) is 1. The first-order valence-corrected chi connectivity index (χ1v) is 6.35. The summed E-state index contributed by atoms with van der Waals surface area (Å²) in [7, 11) is 3.98. The molecular formula is C12H25N3O. The second-order valence-corrected chi connectivity index (χ2v) is 5.31. The summed E-state index contributed by atoms with van der Waals surface area (Å²) in [6.45, 7) is 6.09. The third kappa shape index (κ3) is 2.25. The van der Waals surface area contributed by atoms with Crippen molar-refractivity contribution >= 4 is 0 Å². The topological polar surface area (TPSA) is 41.7 Å². The molecule has 2 N–H and O–H groups in total. The highest BCUT2D eigenvalue weighted by Gasteiger charge is 2.48. The predicted octanol–water partition coefficient (Wildman–Crippen LogP) is -0.0123. The van der Waals surface area contributed by atoms with Crippen LogP contribution >= 0.6 is 0 Å². The molecule has 4 heteroatoms. The molecule has 0 aromatic carbocycles. The van der Waals surface area contributed by atoms with Gasteiger partial charge in [0.05, 0.1) is 12.1 Å². The average Bonchev–Trinajstić information content (AvgIpc) is 3.11. The molecule has 0 amide bonds. The van der Waals surface area contributed by atoms with Crippen LogP contribution in [-0.2, 0) is 4.74 Å². The van der Waals surface area contributed by atoms with Crippen LogP contribution < -0.4 is 5.73 Å². The molecule has 1 saturated heterocycles. The van der Waals surface area contributed by atoms with Gasteiger partial charge in [-0.25, -0.2) is 0 Å². The van der Waals surface area contributed by atoms with Crippen molar-refractivity contribution in [2.24, 2.45) is 11.7 Å². The van der Waals surface area contributed by atoms with E-state index in [1.807, 2.05) is 0 Å². The second-order valence-electron chi connectivity index (χ2n) is 5.31. The lowest BCUT2D eigenvalue weighted by Gasteiger charge is -2.47. The van der Waals surface area contributed by atoms with Crippen LogP contribution in [0.1, 0.15) is 12.8 Å². The van der Waals surface area contributed by atoms with Gasteiger partial charge in [0, 0.05) is 39.8 Å². The van der Waals surface area contributed by atoms with Crippen LogP contribution in [0.4, 0.5) is 0 Å². The highest BCUT2D eigenvalue weighted by atomic mass is 16.5. The zero-order chi connectivity index (χ0) is 11.6. The predicted molar refractivity (Wildman–Crippen MR) is 65.5 cm³/mol. The third-order valence-electron chi connectivity index (χ3n) is 4.22. The summed E-state index contributed by atoms with van der Waals surface area (Å²) in [6.07, 6.45) is 2.65. The molecule has 2 rings (SSSR count). The van der Waals surface area contributed by atoms with Gasteiger partial charge in [0.2, 0.25) is 0 Å². The third-order valence-corrected chi connectivity index (χ3v) is 4.22. The van der Waals surface area contributed by atoms with Crippen molar-refractivity contribution in [3.63, 3.8) is 0 Å². The van der Waals surface area contributed by atoms with E-state index in [4.69, 9.17) is 10.5 Å². The molecular weight excluding hydrogens is 202 g/mol. The Morgan fingerprint density at radius 2 is 1.88 bits per heavy atom. The highest BCUT2D eigenvalue weighted by Crippen LogP contribution is 2.43. The second kappa shape index (κ2) is 5.00. The monoisotopic (exact) mass is 227 g/mol. The van der Waals surface area contributed by atoms with Gasteiger partial charge in [-0.15, -0.1) is 0 Å². The van der Waals surface area contributed by atoms with E-state index in [-0.39, 0.29) is 5.54 Å². The van der Waals surface area contributed by atoms with Crippen LogP contribution in [0.5, 0.6) is 0 Å². The summed E-state index contributed by atoms with van der Waals surface area (Å²) in [5.74, 6) is 0.765. The Bertz CT molecular complexity index is 224. The van der Waals surface area contributed by atoms with Crippen LogP contribution in [0.25, 0.3) is 0 Å². The normalized spacial score (nSPS) is 27.9. The number of hydrogen-bond acceptors (Lipinski definition) is 4. The van der Waals surface area contributed by atoms with E-state index < -0.39 is 0 Å². The number of hydrogen-bond donors (Lipinski definition) is 1. The minimum absolute atomic E-state index is 0.121. The van der Waals surface area contributed by atoms with Crippen molar-refractivity contribution in [3.8, 4) is 0 Å². The molecule has 4 nitrogen and oxygen atoms in total. The molecule has 2 aliphatic rings. The fraction of sp³-hybridized carbons (Fsp3) is 1.00. The summed E-state index contributed by atoms with van der Waals surface area (Å²) in [5.41, 5.74) is 6.19. The fourth-order valence-electron chi connectivity index (χ4n) is 2.94. The molecule has 0 radical (unpaired) electrons. The van der Waals surface area contributed by atoms with Gasteiger partial charge in [-0.3, -0.25) is 4.90 Å². The lowest BCUT2D eigenvalue weighted by molar-refractivity contribution is -0.0230. The Balaban J connectivity index is 2.05. The van der Waals surface area contributed by atoms with Crippen molar-refractivity contribution in [1.82, 2.24) is 9.80 Å². The summed E-state index contributed by atoms with van der Waals surface area (Å²) < 4.78 is 5.44. The summed E-state index contributed by atoms with van der Waals surface area (Å²) in [5, 5.41) is 0. The van der Waals surface area contributed by atoms with Gasteiger partial charge in [-0.2, -0.15) is 0 Å². The summed E-state index contributed by atoms with van der Waals surface area (Å²) in [6, 6.07) is 0. The Hall–Kier alpha value is -0.160. The minimum Gasteiger partial charge on any atom is -0.383 e. The first kappa shape index (κ1) is 12.3. The standard InChI is InChI=1S/C12H25N3O/c1-14-5-7-15(8-6-14)12(9-13,10-16-2)11-3-4-11/h11H,3-10,13H2,1-2H3. The van der Waals surface area contributed by atoms with Crippen LogP contribution in [0.2, 0.25) is 0 Å². The van der Waals surface area contributed by atoms with Gasteiger partial charge >= 0.3 is 0 Å². The van der Waals surface area contributed by atoms with Gasteiger partial charge in [-0.05, 0) is 25.8 Å². The molecule has 1 atom stereocenters. The molecule has 1 saturated carbocycles. The minimum atomic E-state index is 0.121. The van der Waals surface area contributed by atoms with E-state index in [2.05, 4.69) is 16.8 Å². The highest BCUT2D eigenvalue weighted by molar-refractivity contribution is 5.04. The Kier molecular flexibility index (Phi) is 3.85. The molecule has 1 aliphatic heterocycles. The first-order chi connectivity index (χ1) is 7.73. The Labute approximate surface area is 98.7 Å². The van der Waals surface area contributed by atoms with Crippen LogP contribution in [0.15, 0.2) is 0 Å². The molecule has 0 aromatic heterocycles. The summed E-state index contributed by atoms with van der Waals surface area (Å²) >= 11 is 0. The van der Waals surface area contributed by atoms with Crippen molar-refractivity contribution in [2.45, 2.75) is 18.4 Å². The molecule has 94 valence electrons. The SMILES string of the molecule is COCC(CN)(C1CC1)N1CCN(C)CC1. The van der Waals surface area contributed by atoms with Gasteiger partial charge in [0.25, 0.3) is 0 Å². The maximum atomic E-state index is 6.06. The lowest BCUT2D eigenvalue weighted by atomic mass is 9.91. The maximum Gasteiger partial charge on any atom is 0.0661 e. The van der Waals surface area contributed by atoms with Crippen molar-refractivity contribution in [1.29, 1.82) is 0 Å². The van der Waals surface area contributed by atoms with Crippen molar-refractivity contribution < 1.29 is 4.74 Å². The van der Waals surface area contributed by atoms with Crippen LogP contribution in [0.3, 0.4) is 0 Å². The number of nitrogens with zero attached hydrogens (tertiary/aromatic N) is 2. The molecule has 0 aromatic rings. The molecule has 16 heavy (non-hydrogen) atoms. The average molecular weight is 227 g/mol. The summed E-state index contributed by atoms with van der Waals surface area (Å²) in [4.78, 5) is 4.96. The number of ether oxygens (including phenoxy) is 1. The number of piperazine rings is 1. The van der Waals surface area contributed by atoms with E-state index in [0.29, 0.717) is 0 Å². The molecule has 1 heterocycles. The largest absolute Gasteiger partial charge is 0.383 e. The zero-order valence-corrected chi connectivity index (χ0v) is 10.6. The smallest absolute Gasteiger partial charge is 0.0661 e. The van der Waals surface area contributed by atoms with Gasteiger partial charge in [0.1, 0.15) is 0 Å². The first-order valence-electron chi connectivity index (χ1n) is 6.35. The van der Waals surface area contributed by atoms with E-state index in [9.17, 15) is 0 Å².